The average molecular weight is 396 g/mol. The van der Waals surface area contributed by atoms with Crippen LogP contribution < -0.4 is 14.4 Å². The topological polar surface area (TPSA) is 43.2 Å². The van der Waals surface area contributed by atoms with Crippen LogP contribution in [-0.4, -0.2) is 43.8 Å². The number of hydrogen-bond donors (Lipinski definition) is 1. The molecule has 2 aromatic carbocycles. The number of hydrogen-bond acceptors (Lipinski definition) is 3. The molecule has 0 aliphatic carbocycles. The number of carbonyl (C=O) groups is 1. The summed E-state index contributed by atoms with van der Waals surface area (Å²) in [7, 11) is 0. The molecule has 2 heterocycles. The van der Waals surface area contributed by atoms with E-state index in [0.717, 1.165) is 35.7 Å². The Morgan fingerprint density at radius 2 is 1.79 bits per heavy atom. The second-order valence-corrected chi connectivity index (χ2v) is 8.58. The Morgan fingerprint density at radius 1 is 1.03 bits per heavy atom. The van der Waals surface area contributed by atoms with Crippen molar-refractivity contribution in [1.29, 1.82) is 0 Å². The highest BCUT2D eigenvalue weighted by molar-refractivity contribution is 5.87. The van der Waals surface area contributed by atoms with Crippen molar-refractivity contribution in [1.82, 2.24) is 4.90 Å². The summed E-state index contributed by atoms with van der Waals surface area (Å²) in [5.41, 5.74) is 1.46. The monoisotopic (exact) mass is 395 g/mol. The van der Waals surface area contributed by atoms with Gasteiger partial charge in [-0.25, -0.2) is 0 Å². The maximum absolute atomic E-state index is 13.7. The zero-order valence-corrected chi connectivity index (χ0v) is 17.4. The van der Waals surface area contributed by atoms with Crippen LogP contribution in [-0.2, 0) is 16.8 Å². The van der Waals surface area contributed by atoms with Crippen LogP contribution in [0.2, 0.25) is 0 Å². The molecular weight excluding hydrogens is 364 g/mol. The predicted octanol–water partition coefficient (Wildman–Crippen LogP) is 2.40. The quantitative estimate of drug-likeness (QED) is 0.783. The molecule has 2 aliphatic rings. The average Bonchev–Trinajstić information content (AvgIpc) is 3.43. The number of likely N-dealkylation sites (tertiary alicyclic amines) is 1. The summed E-state index contributed by atoms with van der Waals surface area (Å²) in [5.74, 6) is 1.69. The Morgan fingerprint density at radius 3 is 2.55 bits per heavy atom. The first kappa shape index (κ1) is 19.8. The number of carbonyl (C=O) groups excluding carboxylic acids is 1. The van der Waals surface area contributed by atoms with Crippen LogP contribution in [0.5, 0.6) is 11.5 Å². The van der Waals surface area contributed by atoms with Gasteiger partial charge in [0.15, 0.2) is 11.5 Å². The van der Waals surface area contributed by atoms with Gasteiger partial charge in [-0.05, 0) is 25.5 Å². The van der Waals surface area contributed by atoms with Gasteiger partial charge >= 0.3 is 0 Å². The van der Waals surface area contributed by atoms with Crippen LogP contribution in [0.1, 0.15) is 37.8 Å². The molecule has 0 saturated carbocycles. The highest BCUT2D eigenvalue weighted by Crippen LogP contribution is 2.36. The van der Waals surface area contributed by atoms with Crippen molar-refractivity contribution in [2.45, 2.75) is 38.6 Å². The number of fused-ring (bicyclic) bond motifs is 1. The number of ether oxygens (including phenoxy) is 2. The lowest BCUT2D eigenvalue weighted by Gasteiger charge is -2.33. The lowest BCUT2D eigenvalue weighted by molar-refractivity contribution is -0.886. The molecule has 4 rings (SSSR count). The van der Waals surface area contributed by atoms with Crippen LogP contribution >= 0.6 is 0 Å². The number of quaternary nitrogens is 1. The van der Waals surface area contributed by atoms with Crippen LogP contribution in [0.25, 0.3) is 0 Å². The Kier molecular flexibility index (Phi) is 5.76. The molecule has 0 bridgehead atoms. The van der Waals surface area contributed by atoms with E-state index in [1.165, 1.54) is 25.9 Å². The molecule has 1 amide bonds. The van der Waals surface area contributed by atoms with Gasteiger partial charge in [-0.3, -0.25) is 4.79 Å². The summed E-state index contributed by atoms with van der Waals surface area (Å²) in [4.78, 5) is 17.3. The Bertz CT molecular complexity index is 844. The molecule has 154 valence electrons. The molecule has 5 nitrogen and oxygen atoms in total. The minimum Gasteiger partial charge on any atom is -0.454 e. The molecular formula is C24H31N2O3+. The molecule has 0 unspecified atom stereocenters. The van der Waals surface area contributed by atoms with Gasteiger partial charge < -0.3 is 19.3 Å². The first-order valence-electron chi connectivity index (χ1n) is 10.6. The van der Waals surface area contributed by atoms with Gasteiger partial charge in [0.05, 0.1) is 31.6 Å². The van der Waals surface area contributed by atoms with Crippen LogP contribution in [0.15, 0.2) is 48.5 Å². The van der Waals surface area contributed by atoms with Gasteiger partial charge in [-0.2, -0.15) is 0 Å². The third kappa shape index (κ3) is 4.25. The molecule has 5 heteroatoms. The SMILES string of the molecule is CC(C)(C(=O)N(CC[NH+]1CCCC1)Cc1cccc2c1OCO2)c1ccccc1. The molecule has 1 N–H and O–H groups in total. The number of benzene rings is 2. The fourth-order valence-electron chi connectivity index (χ4n) is 4.36. The lowest BCUT2D eigenvalue weighted by atomic mass is 9.83. The van der Waals surface area contributed by atoms with Gasteiger partial charge in [-0.1, -0.05) is 42.5 Å². The van der Waals surface area contributed by atoms with E-state index in [0.29, 0.717) is 6.54 Å². The maximum atomic E-state index is 13.7. The van der Waals surface area contributed by atoms with E-state index in [9.17, 15) is 4.79 Å². The highest BCUT2D eigenvalue weighted by atomic mass is 16.7. The Hall–Kier alpha value is -2.53. The normalized spacial score (nSPS) is 16.2. The molecule has 29 heavy (non-hydrogen) atoms. The summed E-state index contributed by atoms with van der Waals surface area (Å²) in [6.45, 7) is 8.98. The highest BCUT2D eigenvalue weighted by Gasteiger charge is 2.35. The second-order valence-electron chi connectivity index (χ2n) is 8.58. The van der Waals surface area contributed by atoms with Crippen LogP contribution in [0, 0.1) is 0 Å². The van der Waals surface area contributed by atoms with Gasteiger partial charge in [0.25, 0.3) is 0 Å². The molecule has 0 spiro atoms. The van der Waals surface area contributed by atoms with Crippen molar-refractivity contribution >= 4 is 5.91 Å². The van der Waals surface area contributed by atoms with Gasteiger partial charge in [-0.15, -0.1) is 0 Å². The lowest BCUT2D eigenvalue weighted by Crippen LogP contribution is -3.10. The summed E-state index contributed by atoms with van der Waals surface area (Å²) >= 11 is 0. The zero-order valence-electron chi connectivity index (χ0n) is 17.4. The van der Waals surface area contributed by atoms with Crippen molar-refractivity contribution in [3.8, 4) is 11.5 Å². The van der Waals surface area contributed by atoms with Gasteiger partial charge in [0.2, 0.25) is 12.7 Å². The van der Waals surface area contributed by atoms with Gasteiger partial charge in [0, 0.05) is 24.9 Å². The third-order valence-corrected chi connectivity index (χ3v) is 6.20. The van der Waals surface area contributed by atoms with Crippen molar-refractivity contribution < 1.29 is 19.2 Å². The number of amides is 1. The summed E-state index contributed by atoms with van der Waals surface area (Å²) < 4.78 is 11.2. The fourth-order valence-corrected chi connectivity index (χ4v) is 4.36. The Labute approximate surface area is 173 Å². The molecule has 0 radical (unpaired) electrons. The number of rotatable bonds is 7. The minimum atomic E-state index is -0.586. The minimum absolute atomic E-state index is 0.152. The molecule has 0 aromatic heterocycles. The van der Waals surface area contributed by atoms with E-state index in [1.807, 2.05) is 67.3 Å². The van der Waals surface area contributed by atoms with Crippen molar-refractivity contribution in [2.24, 2.45) is 0 Å². The number of nitrogens with one attached hydrogen (secondary N) is 1. The first-order chi connectivity index (χ1) is 14.1. The van der Waals surface area contributed by atoms with Crippen LogP contribution in [0.3, 0.4) is 0 Å². The fraction of sp³-hybridized carbons (Fsp3) is 0.458. The molecule has 2 aliphatic heterocycles. The molecule has 1 fully saturated rings. The predicted molar refractivity (Wildman–Crippen MR) is 112 cm³/mol. The van der Waals surface area contributed by atoms with E-state index >= 15 is 0 Å². The van der Waals surface area contributed by atoms with E-state index in [4.69, 9.17) is 9.47 Å². The van der Waals surface area contributed by atoms with E-state index in [-0.39, 0.29) is 12.7 Å². The van der Waals surface area contributed by atoms with Crippen molar-refractivity contribution in [3.63, 3.8) is 0 Å². The smallest absolute Gasteiger partial charge is 0.233 e. The Balaban J connectivity index is 1.57. The maximum Gasteiger partial charge on any atom is 0.233 e. The largest absolute Gasteiger partial charge is 0.454 e. The summed E-state index contributed by atoms with van der Waals surface area (Å²) in [6.07, 6.45) is 2.58. The third-order valence-electron chi connectivity index (χ3n) is 6.20. The number of nitrogens with zero attached hydrogens (tertiary/aromatic N) is 1. The molecule has 1 saturated heterocycles. The summed E-state index contributed by atoms with van der Waals surface area (Å²) in [5, 5.41) is 0. The van der Waals surface area contributed by atoms with E-state index < -0.39 is 5.41 Å². The van der Waals surface area contributed by atoms with Crippen molar-refractivity contribution in [2.75, 3.05) is 33.0 Å². The van der Waals surface area contributed by atoms with E-state index in [2.05, 4.69) is 0 Å². The first-order valence-corrected chi connectivity index (χ1v) is 10.6. The van der Waals surface area contributed by atoms with E-state index in [1.54, 1.807) is 4.90 Å². The van der Waals surface area contributed by atoms with Gasteiger partial charge in [0.1, 0.15) is 0 Å². The van der Waals surface area contributed by atoms with Crippen molar-refractivity contribution in [3.05, 3.63) is 59.7 Å². The number of para-hydroxylation sites is 1. The molecule has 2 aromatic rings. The second kappa shape index (κ2) is 8.46. The summed E-state index contributed by atoms with van der Waals surface area (Å²) in [6, 6.07) is 16.0. The molecule has 0 atom stereocenters. The van der Waals surface area contributed by atoms with Crippen LogP contribution in [0.4, 0.5) is 0 Å². The zero-order chi connectivity index (χ0) is 20.3. The standard InChI is InChI=1S/C24H30N2O3/c1-24(2,20-10-4-3-5-11-20)23(27)26(16-15-25-13-6-7-14-25)17-19-9-8-12-21-22(19)29-18-28-21/h3-5,8-12H,6-7,13-18H2,1-2H3/p+1.